The number of thiophene rings is 1. The zero-order chi connectivity index (χ0) is 17.4. The number of Topliss-reactive ketones (excluding diaryl/α,β-unsaturated/α-hetero) is 1. The molecule has 0 N–H and O–H groups in total. The molecule has 3 nitrogen and oxygen atoms in total. The average molecular weight is 413 g/mol. The van der Waals surface area contributed by atoms with Gasteiger partial charge in [0, 0.05) is 21.9 Å². The molecule has 4 rings (SSSR count). The Morgan fingerprint density at radius 2 is 1.68 bits per heavy atom. The first-order valence-corrected chi connectivity index (χ1v) is 9.41. The lowest BCUT2D eigenvalue weighted by Crippen LogP contribution is -2.37. The molecule has 0 fully saturated rings. The molecule has 25 heavy (non-hydrogen) atoms. The molecule has 2 aromatic carbocycles. The van der Waals surface area contributed by atoms with Crippen LogP contribution in [-0.2, 0) is 4.79 Å². The lowest BCUT2D eigenvalue weighted by atomic mass is 9.78. The van der Waals surface area contributed by atoms with E-state index in [1.807, 2.05) is 36.4 Å². The van der Waals surface area contributed by atoms with Gasteiger partial charge in [0.05, 0.1) is 3.79 Å². The van der Waals surface area contributed by atoms with Crippen LogP contribution in [0.4, 0.5) is 0 Å². The van der Waals surface area contributed by atoms with E-state index in [9.17, 15) is 9.59 Å². The average Bonchev–Trinajstić information content (AvgIpc) is 3.06. The van der Waals surface area contributed by atoms with Gasteiger partial charge in [-0.05, 0) is 34.1 Å². The van der Waals surface area contributed by atoms with Crippen molar-refractivity contribution >= 4 is 39.0 Å². The number of hydrogen-bond acceptors (Lipinski definition) is 4. The van der Waals surface area contributed by atoms with Gasteiger partial charge in [0.1, 0.15) is 11.7 Å². The molecule has 1 aliphatic rings. The van der Waals surface area contributed by atoms with Crippen LogP contribution in [-0.4, -0.2) is 11.8 Å². The fourth-order valence-corrected chi connectivity index (χ4v) is 4.75. The zero-order valence-electron chi connectivity index (χ0n) is 13.0. The quantitative estimate of drug-likeness (QED) is 0.261. The number of para-hydroxylation sites is 1. The first kappa shape index (κ1) is 16.2. The van der Waals surface area contributed by atoms with Crippen molar-refractivity contribution in [2.45, 2.75) is 5.92 Å². The molecule has 2 atom stereocenters. The SMILES string of the molecule is O=C1Oc2ccccc2[C@@H](c2ccc(Br)s2)[C@@H]1C(=O)c1ccccc1. The van der Waals surface area contributed by atoms with E-state index < -0.39 is 11.9 Å². The molecule has 0 aliphatic carbocycles. The Labute approximate surface area is 157 Å². The molecule has 5 heteroatoms. The van der Waals surface area contributed by atoms with E-state index in [2.05, 4.69) is 15.9 Å². The van der Waals surface area contributed by atoms with E-state index in [0.717, 1.165) is 14.2 Å². The van der Waals surface area contributed by atoms with E-state index in [1.54, 1.807) is 30.3 Å². The second kappa shape index (κ2) is 6.58. The van der Waals surface area contributed by atoms with E-state index in [0.29, 0.717) is 11.3 Å². The fraction of sp³-hybridized carbons (Fsp3) is 0.100. The summed E-state index contributed by atoms with van der Waals surface area (Å²) in [7, 11) is 0. The minimum Gasteiger partial charge on any atom is -0.426 e. The van der Waals surface area contributed by atoms with E-state index in [4.69, 9.17) is 4.74 Å². The van der Waals surface area contributed by atoms with Crippen molar-refractivity contribution in [3.05, 3.63) is 86.5 Å². The summed E-state index contributed by atoms with van der Waals surface area (Å²) in [6.07, 6.45) is 0. The molecule has 124 valence electrons. The topological polar surface area (TPSA) is 43.4 Å². The number of carbonyl (C=O) groups excluding carboxylic acids is 2. The largest absolute Gasteiger partial charge is 0.426 e. The Kier molecular flexibility index (Phi) is 4.27. The number of ketones is 1. The second-order valence-corrected chi connectivity index (χ2v) is 8.28. The fourth-order valence-electron chi connectivity index (χ4n) is 3.17. The highest BCUT2D eigenvalue weighted by Crippen LogP contribution is 2.45. The molecule has 1 aromatic heterocycles. The highest BCUT2D eigenvalue weighted by molar-refractivity contribution is 9.11. The Morgan fingerprint density at radius 1 is 0.960 bits per heavy atom. The van der Waals surface area contributed by atoms with Crippen LogP contribution in [0.5, 0.6) is 5.75 Å². The van der Waals surface area contributed by atoms with Gasteiger partial charge in [0.25, 0.3) is 0 Å². The lowest BCUT2D eigenvalue weighted by Gasteiger charge is -2.30. The molecule has 0 spiro atoms. The van der Waals surface area contributed by atoms with Crippen molar-refractivity contribution in [1.82, 2.24) is 0 Å². The van der Waals surface area contributed by atoms with Gasteiger partial charge in [0.15, 0.2) is 5.78 Å². The predicted octanol–water partition coefficient (Wildman–Crippen LogP) is 5.06. The summed E-state index contributed by atoms with van der Waals surface area (Å²) in [6.45, 7) is 0. The monoisotopic (exact) mass is 412 g/mol. The molecule has 0 saturated heterocycles. The number of halogens is 1. The van der Waals surface area contributed by atoms with Gasteiger partial charge in [-0.1, -0.05) is 48.5 Å². The van der Waals surface area contributed by atoms with Crippen molar-refractivity contribution < 1.29 is 14.3 Å². The number of benzene rings is 2. The Hall–Kier alpha value is -2.24. The van der Waals surface area contributed by atoms with E-state index in [1.165, 1.54) is 11.3 Å². The summed E-state index contributed by atoms with van der Waals surface area (Å²) >= 11 is 5.01. The van der Waals surface area contributed by atoms with Crippen molar-refractivity contribution in [3.63, 3.8) is 0 Å². The van der Waals surface area contributed by atoms with E-state index >= 15 is 0 Å². The third-order valence-corrected chi connectivity index (χ3v) is 6.00. The van der Waals surface area contributed by atoms with Gasteiger partial charge < -0.3 is 4.74 Å². The van der Waals surface area contributed by atoms with Crippen LogP contribution in [0.1, 0.15) is 26.7 Å². The third-order valence-electron chi connectivity index (χ3n) is 4.29. The van der Waals surface area contributed by atoms with Crippen LogP contribution in [0.2, 0.25) is 0 Å². The van der Waals surface area contributed by atoms with Gasteiger partial charge in [-0.15, -0.1) is 11.3 Å². The van der Waals surface area contributed by atoms with Gasteiger partial charge in [-0.25, -0.2) is 0 Å². The van der Waals surface area contributed by atoms with Crippen LogP contribution in [0.3, 0.4) is 0 Å². The van der Waals surface area contributed by atoms with Crippen LogP contribution < -0.4 is 4.74 Å². The van der Waals surface area contributed by atoms with Crippen LogP contribution in [0.15, 0.2) is 70.5 Å². The number of fused-ring (bicyclic) bond motifs is 1. The van der Waals surface area contributed by atoms with Gasteiger partial charge in [-0.3, -0.25) is 9.59 Å². The Morgan fingerprint density at radius 3 is 2.40 bits per heavy atom. The van der Waals surface area contributed by atoms with Crippen LogP contribution in [0.25, 0.3) is 0 Å². The molecule has 0 unspecified atom stereocenters. The lowest BCUT2D eigenvalue weighted by molar-refractivity contribution is -0.138. The maximum absolute atomic E-state index is 13.1. The highest BCUT2D eigenvalue weighted by Gasteiger charge is 2.44. The summed E-state index contributed by atoms with van der Waals surface area (Å²) in [5.74, 6) is -1.42. The molecular formula is C20H13BrO3S. The first-order valence-electron chi connectivity index (χ1n) is 7.80. The van der Waals surface area contributed by atoms with Crippen molar-refractivity contribution in [2.24, 2.45) is 5.92 Å². The maximum atomic E-state index is 13.1. The Bertz CT molecular complexity index is 948. The number of rotatable bonds is 3. The summed E-state index contributed by atoms with van der Waals surface area (Å²) in [5, 5.41) is 0. The molecule has 0 radical (unpaired) electrons. The molecule has 0 amide bonds. The highest BCUT2D eigenvalue weighted by atomic mass is 79.9. The zero-order valence-corrected chi connectivity index (χ0v) is 15.4. The number of hydrogen-bond donors (Lipinski definition) is 0. The van der Waals surface area contributed by atoms with Crippen molar-refractivity contribution in [2.75, 3.05) is 0 Å². The summed E-state index contributed by atoms with van der Waals surface area (Å²) < 4.78 is 6.44. The third kappa shape index (κ3) is 2.94. The molecule has 2 heterocycles. The van der Waals surface area contributed by atoms with Gasteiger partial charge in [-0.2, -0.15) is 0 Å². The first-order chi connectivity index (χ1) is 12.1. The summed E-state index contributed by atoms with van der Waals surface area (Å²) in [4.78, 5) is 26.8. The minimum absolute atomic E-state index is 0.213. The van der Waals surface area contributed by atoms with E-state index in [-0.39, 0.29) is 11.7 Å². The standard InChI is InChI=1S/C20H13BrO3S/c21-16-11-10-15(25-16)17-13-8-4-5-9-14(13)24-20(23)18(17)19(22)12-6-2-1-3-7-12/h1-11,17-18H/t17-,18+/m0/s1. The molecule has 1 aliphatic heterocycles. The predicted molar refractivity (Wildman–Crippen MR) is 100 cm³/mol. The van der Waals surface area contributed by atoms with Gasteiger partial charge >= 0.3 is 5.97 Å². The van der Waals surface area contributed by atoms with Gasteiger partial charge in [0.2, 0.25) is 0 Å². The van der Waals surface area contributed by atoms with Crippen LogP contribution in [0, 0.1) is 5.92 Å². The summed E-state index contributed by atoms with van der Waals surface area (Å²) in [5.41, 5.74) is 1.38. The molecular weight excluding hydrogens is 400 g/mol. The molecule has 0 bridgehead atoms. The smallest absolute Gasteiger partial charge is 0.323 e. The van der Waals surface area contributed by atoms with Crippen molar-refractivity contribution in [3.8, 4) is 5.75 Å². The second-order valence-electron chi connectivity index (χ2n) is 5.79. The van der Waals surface area contributed by atoms with Crippen molar-refractivity contribution in [1.29, 1.82) is 0 Å². The minimum atomic E-state index is -0.886. The number of esters is 1. The Balaban J connectivity index is 1.86. The molecule has 0 saturated carbocycles. The van der Waals surface area contributed by atoms with Crippen LogP contribution >= 0.6 is 27.3 Å². The number of carbonyl (C=O) groups is 2. The maximum Gasteiger partial charge on any atom is 0.323 e. The normalized spacial score (nSPS) is 19.2. The molecule has 3 aromatic rings. The summed E-state index contributed by atoms with van der Waals surface area (Å²) in [6, 6.07) is 20.2. The number of ether oxygens (including phenoxy) is 1.